The van der Waals surface area contributed by atoms with Gasteiger partial charge in [0, 0.05) is 31.5 Å². The van der Waals surface area contributed by atoms with Gasteiger partial charge in [0.1, 0.15) is 17.3 Å². The molecule has 158 valence electrons. The number of hydrogen-bond acceptors (Lipinski definition) is 4. The number of imidazole rings is 1. The standard InChI is InChI=1S/C24H29N3O3/c1-29-19-7-6-8-20(17-19)30-16-5-4-15-27-22-10-3-2-9-21(22)26-23(27)13-14-25-24(28)18-11-12-18/h2-3,6-10,17-18H,4-5,11-16H2,1H3,(H,25,28). The van der Waals surface area contributed by atoms with Gasteiger partial charge in [-0.2, -0.15) is 0 Å². The highest BCUT2D eigenvalue weighted by Crippen LogP contribution is 2.28. The molecule has 30 heavy (non-hydrogen) atoms. The summed E-state index contributed by atoms with van der Waals surface area (Å²) in [5, 5.41) is 3.05. The van der Waals surface area contributed by atoms with Gasteiger partial charge >= 0.3 is 0 Å². The largest absolute Gasteiger partial charge is 0.497 e. The van der Waals surface area contributed by atoms with Crippen molar-refractivity contribution in [2.75, 3.05) is 20.3 Å². The number of aryl methyl sites for hydroxylation is 1. The molecule has 4 rings (SSSR count). The molecule has 3 aromatic rings. The molecule has 0 atom stereocenters. The van der Waals surface area contributed by atoms with Crippen molar-refractivity contribution in [3.8, 4) is 11.5 Å². The highest BCUT2D eigenvalue weighted by molar-refractivity contribution is 5.80. The summed E-state index contributed by atoms with van der Waals surface area (Å²) in [6.45, 7) is 2.18. The van der Waals surface area contributed by atoms with E-state index in [1.54, 1.807) is 7.11 Å². The number of unbranched alkanes of at least 4 members (excludes halogenated alkanes) is 1. The molecule has 2 aromatic carbocycles. The Morgan fingerprint density at radius 3 is 2.80 bits per heavy atom. The highest BCUT2D eigenvalue weighted by atomic mass is 16.5. The van der Waals surface area contributed by atoms with Gasteiger partial charge in [0.25, 0.3) is 0 Å². The molecule has 0 bridgehead atoms. The van der Waals surface area contributed by atoms with Gasteiger partial charge in [-0.1, -0.05) is 18.2 Å². The molecular weight excluding hydrogens is 378 g/mol. The first-order chi connectivity index (χ1) is 14.7. The van der Waals surface area contributed by atoms with E-state index in [2.05, 4.69) is 16.0 Å². The van der Waals surface area contributed by atoms with Crippen LogP contribution in [0.4, 0.5) is 0 Å². The maximum atomic E-state index is 11.9. The molecule has 0 spiro atoms. The van der Waals surface area contributed by atoms with Gasteiger partial charge in [0.15, 0.2) is 0 Å². The summed E-state index contributed by atoms with van der Waals surface area (Å²) in [6, 6.07) is 15.9. The number of rotatable bonds is 11. The van der Waals surface area contributed by atoms with Crippen LogP contribution in [0.2, 0.25) is 0 Å². The van der Waals surface area contributed by atoms with E-state index in [1.807, 2.05) is 42.5 Å². The molecule has 6 heteroatoms. The minimum Gasteiger partial charge on any atom is -0.497 e. The molecule has 0 aliphatic heterocycles. The normalized spacial score (nSPS) is 13.4. The van der Waals surface area contributed by atoms with Gasteiger partial charge in [-0.3, -0.25) is 4.79 Å². The summed E-state index contributed by atoms with van der Waals surface area (Å²) in [5.41, 5.74) is 2.16. The average Bonchev–Trinajstić information content (AvgIpc) is 3.57. The van der Waals surface area contributed by atoms with Crippen LogP contribution in [0.15, 0.2) is 48.5 Å². The summed E-state index contributed by atoms with van der Waals surface area (Å²) in [4.78, 5) is 16.7. The van der Waals surface area contributed by atoms with Crippen LogP contribution in [-0.4, -0.2) is 35.7 Å². The number of nitrogens with zero attached hydrogens (tertiary/aromatic N) is 2. The predicted octanol–water partition coefficient (Wildman–Crippen LogP) is 3.97. The third kappa shape index (κ3) is 5.12. The molecule has 0 saturated heterocycles. The smallest absolute Gasteiger partial charge is 0.223 e. The predicted molar refractivity (Wildman–Crippen MR) is 117 cm³/mol. The summed E-state index contributed by atoms with van der Waals surface area (Å²) < 4.78 is 13.4. The number of methoxy groups -OCH3 is 1. The highest BCUT2D eigenvalue weighted by Gasteiger charge is 2.29. The van der Waals surface area contributed by atoms with Gasteiger partial charge in [-0.25, -0.2) is 4.98 Å². The van der Waals surface area contributed by atoms with E-state index >= 15 is 0 Å². The lowest BCUT2D eigenvalue weighted by molar-refractivity contribution is -0.122. The third-order valence-corrected chi connectivity index (χ3v) is 5.42. The number of hydrogen-bond donors (Lipinski definition) is 1. The second-order valence-electron chi connectivity index (χ2n) is 7.72. The van der Waals surface area contributed by atoms with Crippen LogP contribution < -0.4 is 14.8 Å². The Hall–Kier alpha value is -3.02. The maximum Gasteiger partial charge on any atom is 0.223 e. The number of ether oxygens (including phenoxy) is 2. The summed E-state index contributed by atoms with van der Waals surface area (Å²) in [6.07, 6.45) is 4.74. The first-order valence-electron chi connectivity index (χ1n) is 10.7. The Morgan fingerprint density at radius 2 is 1.97 bits per heavy atom. The van der Waals surface area contributed by atoms with Gasteiger partial charge in [-0.15, -0.1) is 0 Å². The van der Waals surface area contributed by atoms with E-state index in [-0.39, 0.29) is 11.8 Å². The molecule has 1 fully saturated rings. The Bertz CT molecular complexity index is 994. The first kappa shape index (κ1) is 20.3. The van der Waals surface area contributed by atoms with Crippen LogP contribution in [-0.2, 0) is 17.8 Å². The number of para-hydroxylation sites is 2. The van der Waals surface area contributed by atoms with Crippen LogP contribution in [0.5, 0.6) is 11.5 Å². The van der Waals surface area contributed by atoms with E-state index in [1.165, 1.54) is 0 Å². The SMILES string of the molecule is COc1cccc(OCCCCn2c(CCNC(=O)C3CC3)nc3ccccc32)c1. The minimum absolute atomic E-state index is 0.187. The van der Waals surface area contributed by atoms with E-state index in [0.29, 0.717) is 13.2 Å². The Kier molecular flexibility index (Phi) is 6.52. The van der Waals surface area contributed by atoms with Crippen molar-refractivity contribution in [3.63, 3.8) is 0 Å². The van der Waals surface area contributed by atoms with Crippen molar-refractivity contribution in [2.45, 2.75) is 38.6 Å². The minimum atomic E-state index is 0.187. The molecule has 1 amide bonds. The van der Waals surface area contributed by atoms with Gasteiger partial charge < -0.3 is 19.4 Å². The molecule has 1 aliphatic rings. The fourth-order valence-corrected chi connectivity index (χ4v) is 3.61. The van der Waals surface area contributed by atoms with E-state index < -0.39 is 0 Å². The topological polar surface area (TPSA) is 65.4 Å². The van der Waals surface area contributed by atoms with Crippen molar-refractivity contribution in [3.05, 3.63) is 54.4 Å². The number of nitrogens with one attached hydrogen (secondary N) is 1. The third-order valence-electron chi connectivity index (χ3n) is 5.42. The lowest BCUT2D eigenvalue weighted by atomic mass is 10.2. The van der Waals surface area contributed by atoms with E-state index in [0.717, 1.165) is 67.0 Å². The lowest BCUT2D eigenvalue weighted by Gasteiger charge is -2.11. The molecule has 1 aromatic heterocycles. The van der Waals surface area contributed by atoms with Crippen LogP contribution in [0.1, 0.15) is 31.5 Å². The van der Waals surface area contributed by atoms with Crippen molar-refractivity contribution >= 4 is 16.9 Å². The second-order valence-corrected chi connectivity index (χ2v) is 7.72. The molecule has 1 N–H and O–H groups in total. The monoisotopic (exact) mass is 407 g/mol. The summed E-state index contributed by atoms with van der Waals surface area (Å²) in [5.74, 6) is 3.09. The van der Waals surface area contributed by atoms with Crippen LogP contribution in [0, 0.1) is 5.92 Å². The Labute approximate surface area is 177 Å². The fourth-order valence-electron chi connectivity index (χ4n) is 3.61. The summed E-state index contributed by atoms with van der Waals surface area (Å²) in [7, 11) is 1.66. The molecule has 1 aliphatic carbocycles. The maximum absolute atomic E-state index is 11.9. The van der Waals surface area contributed by atoms with Gasteiger partial charge in [0.05, 0.1) is 24.8 Å². The second kappa shape index (κ2) is 9.65. The molecule has 0 radical (unpaired) electrons. The zero-order valence-electron chi connectivity index (χ0n) is 17.5. The molecule has 0 unspecified atom stereocenters. The zero-order chi connectivity index (χ0) is 20.8. The first-order valence-corrected chi connectivity index (χ1v) is 10.7. The van der Waals surface area contributed by atoms with Crippen LogP contribution >= 0.6 is 0 Å². The van der Waals surface area contributed by atoms with Gasteiger partial charge in [0.2, 0.25) is 5.91 Å². The van der Waals surface area contributed by atoms with Crippen molar-refractivity contribution < 1.29 is 14.3 Å². The number of aromatic nitrogens is 2. The molecule has 6 nitrogen and oxygen atoms in total. The van der Waals surface area contributed by atoms with Gasteiger partial charge in [-0.05, 0) is 49.9 Å². The summed E-state index contributed by atoms with van der Waals surface area (Å²) >= 11 is 0. The number of carbonyl (C=O) groups is 1. The average molecular weight is 408 g/mol. The van der Waals surface area contributed by atoms with Crippen LogP contribution in [0.3, 0.4) is 0 Å². The van der Waals surface area contributed by atoms with E-state index in [9.17, 15) is 4.79 Å². The quantitative estimate of drug-likeness (QED) is 0.489. The van der Waals surface area contributed by atoms with Crippen LogP contribution in [0.25, 0.3) is 11.0 Å². The van der Waals surface area contributed by atoms with Crippen molar-refractivity contribution in [1.82, 2.24) is 14.9 Å². The molecular formula is C24H29N3O3. The Balaban J connectivity index is 1.31. The van der Waals surface area contributed by atoms with Crippen molar-refractivity contribution in [1.29, 1.82) is 0 Å². The molecule has 1 heterocycles. The fraction of sp³-hybridized carbons (Fsp3) is 0.417. The molecule has 1 saturated carbocycles. The number of carbonyl (C=O) groups excluding carboxylic acids is 1. The number of fused-ring (bicyclic) bond motifs is 1. The number of amides is 1. The Morgan fingerprint density at radius 1 is 1.13 bits per heavy atom. The number of benzene rings is 2. The zero-order valence-corrected chi connectivity index (χ0v) is 17.5. The lowest BCUT2D eigenvalue weighted by Crippen LogP contribution is -2.27. The van der Waals surface area contributed by atoms with E-state index in [4.69, 9.17) is 14.5 Å². The van der Waals surface area contributed by atoms with Crippen molar-refractivity contribution in [2.24, 2.45) is 5.92 Å².